The Bertz CT molecular complexity index is 90.2. The Balaban J connectivity index is 3.47. The molecule has 0 spiro atoms. The van der Waals surface area contributed by atoms with Crippen molar-refractivity contribution in [3.8, 4) is 0 Å². The van der Waals surface area contributed by atoms with Gasteiger partial charge in [-0.25, -0.2) is 8.78 Å². The third-order valence-corrected chi connectivity index (χ3v) is 1.11. The predicted octanol–water partition coefficient (Wildman–Crippen LogP) is 1.62. The third-order valence-electron chi connectivity index (χ3n) is 0.371. The van der Waals surface area contributed by atoms with Gasteiger partial charge in [-0.2, -0.15) is 0 Å². The van der Waals surface area contributed by atoms with Crippen LogP contribution in [0, 0.1) is 0 Å². The zero-order valence-electron chi connectivity index (χ0n) is 3.88. The molecule has 0 saturated heterocycles. The summed E-state index contributed by atoms with van der Waals surface area (Å²) >= 11 is -1.63. The van der Waals surface area contributed by atoms with Gasteiger partial charge in [-0.1, -0.05) is 0 Å². The summed E-state index contributed by atoms with van der Waals surface area (Å²) in [7, 11) is 0. The first-order valence-corrected chi connectivity index (χ1v) is 3.02. The summed E-state index contributed by atoms with van der Waals surface area (Å²) in [5.74, 6) is 0. The maximum atomic E-state index is 11.0. The quantitative estimate of drug-likeness (QED) is 0.531. The zero-order chi connectivity index (χ0) is 6.41. The molecule has 4 heteroatoms. The zero-order valence-corrected chi connectivity index (χ0v) is 4.70. The lowest BCUT2D eigenvalue weighted by Gasteiger charge is -1.91. The first-order chi connectivity index (χ1) is 3.81. The van der Waals surface area contributed by atoms with Crippen LogP contribution in [-0.4, -0.2) is 4.55 Å². The SMILES string of the molecule is [O-][S+](C=CF)C=CF. The minimum atomic E-state index is -1.63. The molecule has 8 heavy (non-hydrogen) atoms. The van der Waals surface area contributed by atoms with Gasteiger partial charge in [0.25, 0.3) is 0 Å². The van der Waals surface area contributed by atoms with E-state index < -0.39 is 11.2 Å². The smallest absolute Gasteiger partial charge is 0.150 e. The van der Waals surface area contributed by atoms with E-state index in [0.717, 1.165) is 10.8 Å². The summed E-state index contributed by atoms with van der Waals surface area (Å²) in [5.41, 5.74) is 0. The van der Waals surface area contributed by atoms with Gasteiger partial charge in [-0.3, -0.25) is 0 Å². The van der Waals surface area contributed by atoms with Gasteiger partial charge < -0.3 is 4.55 Å². The fourth-order valence-corrected chi connectivity index (χ4v) is 0.440. The fourth-order valence-electron chi connectivity index (χ4n) is 0.147. The highest BCUT2D eigenvalue weighted by molar-refractivity contribution is 7.97. The fraction of sp³-hybridized carbons (Fsp3) is 0. The molecule has 0 aromatic rings. The Hall–Kier alpha value is -0.350. The predicted molar refractivity (Wildman–Crippen MR) is 28.6 cm³/mol. The van der Waals surface area contributed by atoms with Gasteiger partial charge in [0.1, 0.15) is 12.7 Å². The van der Waals surface area contributed by atoms with Crippen molar-refractivity contribution in [2.45, 2.75) is 0 Å². The van der Waals surface area contributed by atoms with Crippen LogP contribution in [0.3, 0.4) is 0 Å². The molecule has 0 bridgehead atoms. The van der Waals surface area contributed by atoms with Crippen LogP contribution in [0.2, 0.25) is 0 Å². The molecule has 0 aliphatic heterocycles. The summed E-state index contributed by atoms with van der Waals surface area (Å²) in [4.78, 5) is 0. The molecule has 0 aromatic heterocycles. The van der Waals surface area contributed by atoms with Crippen LogP contribution >= 0.6 is 0 Å². The Morgan fingerprint density at radius 1 is 1.12 bits per heavy atom. The molecule has 0 rings (SSSR count). The standard InChI is InChI=1S/C4H4F2OS/c5-1-3-8(7)4-2-6/h1-4H. The van der Waals surface area contributed by atoms with Crippen LogP contribution in [0.15, 0.2) is 23.5 Å². The van der Waals surface area contributed by atoms with Gasteiger partial charge in [0.2, 0.25) is 0 Å². The van der Waals surface area contributed by atoms with E-state index >= 15 is 0 Å². The highest BCUT2D eigenvalue weighted by atomic mass is 32.2. The third kappa shape index (κ3) is 3.83. The second-order valence-corrected chi connectivity index (χ2v) is 2.05. The van der Waals surface area contributed by atoms with E-state index in [1.807, 2.05) is 0 Å². The molecule has 0 unspecified atom stereocenters. The number of hydrogen-bond donors (Lipinski definition) is 0. The Morgan fingerprint density at radius 2 is 1.50 bits per heavy atom. The molecular formula is C4H4F2OS. The van der Waals surface area contributed by atoms with Crippen molar-refractivity contribution in [2.75, 3.05) is 0 Å². The van der Waals surface area contributed by atoms with E-state index in [9.17, 15) is 13.3 Å². The maximum Gasteiger partial charge on any atom is 0.150 e. The van der Waals surface area contributed by atoms with Crippen LogP contribution in [0.5, 0.6) is 0 Å². The van der Waals surface area contributed by atoms with E-state index in [-0.39, 0.29) is 12.7 Å². The Morgan fingerprint density at radius 3 is 1.75 bits per heavy atom. The first-order valence-electron chi connectivity index (χ1n) is 1.74. The van der Waals surface area contributed by atoms with E-state index in [0.29, 0.717) is 0 Å². The van der Waals surface area contributed by atoms with Gasteiger partial charge >= 0.3 is 0 Å². The molecule has 0 fully saturated rings. The van der Waals surface area contributed by atoms with Crippen LogP contribution < -0.4 is 0 Å². The first kappa shape index (κ1) is 7.65. The molecular weight excluding hydrogens is 134 g/mol. The molecule has 0 N–H and O–H groups in total. The van der Waals surface area contributed by atoms with Crippen molar-refractivity contribution in [2.24, 2.45) is 0 Å². The average Bonchev–Trinajstić information content (AvgIpc) is 1.68. The summed E-state index contributed by atoms with van der Waals surface area (Å²) in [5, 5.41) is 1.46. The van der Waals surface area contributed by atoms with Crippen LogP contribution in [0.25, 0.3) is 0 Å². The summed E-state index contributed by atoms with van der Waals surface area (Å²) < 4.78 is 32.2. The van der Waals surface area contributed by atoms with Crippen LogP contribution in [0.4, 0.5) is 8.78 Å². The van der Waals surface area contributed by atoms with Crippen molar-refractivity contribution in [1.82, 2.24) is 0 Å². The number of halogens is 2. The van der Waals surface area contributed by atoms with Gasteiger partial charge in [0.05, 0.1) is 0 Å². The van der Waals surface area contributed by atoms with Gasteiger partial charge in [-0.15, -0.1) is 0 Å². The van der Waals surface area contributed by atoms with Crippen molar-refractivity contribution >= 4 is 11.2 Å². The number of rotatable bonds is 2. The van der Waals surface area contributed by atoms with E-state index in [4.69, 9.17) is 0 Å². The van der Waals surface area contributed by atoms with Gasteiger partial charge in [0.15, 0.2) is 10.8 Å². The summed E-state index contributed by atoms with van der Waals surface area (Å²) in [6.07, 6.45) is 0.215. The molecule has 0 saturated carbocycles. The molecule has 0 heterocycles. The van der Waals surface area contributed by atoms with E-state index in [2.05, 4.69) is 0 Å². The molecule has 0 aromatic carbocycles. The molecule has 0 aliphatic rings. The average molecular weight is 138 g/mol. The van der Waals surface area contributed by atoms with Crippen molar-refractivity contribution < 1.29 is 13.3 Å². The summed E-state index contributed by atoms with van der Waals surface area (Å²) in [6, 6.07) is 0. The van der Waals surface area contributed by atoms with E-state index in [1.54, 1.807) is 0 Å². The highest BCUT2D eigenvalue weighted by Gasteiger charge is 1.90. The molecule has 46 valence electrons. The molecule has 1 nitrogen and oxygen atoms in total. The van der Waals surface area contributed by atoms with Crippen molar-refractivity contribution in [1.29, 1.82) is 0 Å². The number of hydrogen-bond acceptors (Lipinski definition) is 1. The second kappa shape index (κ2) is 4.80. The molecule has 0 radical (unpaired) electrons. The highest BCUT2D eigenvalue weighted by Crippen LogP contribution is 1.94. The minimum Gasteiger partial charge on any atom is -0.607 e. The minimum absolute atomic E-state index is 0.107. The lowest BCUT2D eigenvalue weighted by molar-refractivity contribution is 0.609. The normalized spacial score (nSPS) is 15.9. The van der Waals surface area contributed by atoms with Gasteiger partial charge in [0, 0.05) is 11.2 Å². The topological polar surface area (TPSA) is 23.1 Å². The molecule has 0 aliphatic carbocycles. The molecule has 0 atom stereocenters. The van der Waals surface area contributed by atoms with Crippen LogP contribution in [-0.2, 0) is 11.2 Å². The lowest BCUT2D eigenvalue weighted by Crippen LogP contribution is -1.85. The van der Waals surface area contributed by atoms with Crippen molar-refractivity contribution in [3.63, 3.8) is 0 Å². The Labute approximate surface area is 48.9 Å². The lowest BCUT2D eigenvalue weighted by atomic mass is 11.2. The van der Waals surface area contributed by atoms with E-state index in [1.165, 1.54) is 0 Å². The second-order valence-electron chi connectivity index (χ2n) is 0.853. The maximum absolute atomic E-state index is 11.0. The molecule has 0 amide bonds. The monoisotopic (exact) mass is 138 g/mol. The van der Waals surface area contributed by atoms with Gasteiger partial charge in [-0.05, 0) is 0 Å². The largest absolute Gasteiger partial charge is 0.607 e. The summed E-state index contributed by atoms with van der Waals surface area (Å²) in [6.45, 7) is 0. The van der Waals surface area contributed by atoms with Crippen molar-refractivity contribution in [3.05, 3.63) is 23.5 Å². The Kier molecular flexibility index (Phi) is 4.59. The van der Waals surface area contributed by atoms with Crippen LogP contribution in [0.1, 0.15) is 0 Å².